The zero-order valence-corrected chi connectivity index (χ0v) is 16.1. The molecule has 0 atom stereocenters. The first-order valence-electron chi connectivity index (χ1n) is 9.30. The van der Waals surface area contributed by atoms with Crippen molar-refractivity contribution < 1.29 is 14.3 Å². The third-order valence-corrected chi connectivity index (χ3v) is 4.12. The third-order valence-electron chi connectivity index (χ3n) is 4.12. The molecule has 4 nitrogen and oxygen atoms in total. The number of para-hydroxylation sites is 1. The summed E-state index contributed by atoms with van der Waals surface area (Å²) in [6, 6.07) is 22.2. The number of esters is 1. The Morgan fingerprint density at radius 1 is 0.929 bits per heavy atom. The van der Waals surface area contributed by atoms with E-state index in [1.165, 1.54) is 0 Å². The number of ether oxygens (including phenoxy) is 2. The molecule has 4 heteroatoms. The molecule has 0 bridgehead atoms. The van der Waals surface area contributed by atoms with Gasteiger partial charge in [-0.1, -0.05) is 25.1 Å². The first kappa shape index (κ1) is 19.4. The van der Waals surface area contributed by atoms with E-state index in [2.05, 4.69) is 4.99 Å². The first-order chi connectivity index (χ1) is 13.7. The molecule has 28 heavy (non-hydrogen) atoms. The largest absolute Gasteiger partial charge is 0.494 e. The van der Waals surface area contributed by atoms with Gasteiger partial charge < -0.3 is 9.47 Å². The van der Waals surface area contributed by atoms with E-state index in [1.807, 2.05) is 50.2 Å². The fraction of sp³-hybridized carbons (Fsp3) is 0.167. The molecule has 0 amide bonds. The lowest BCUT2D eigenvalue weighted by Gasteiger charge is -2.07. The first-order valence-corrected chi connectivity index (χ1v) is 9.30. The predicted molar refractivity (Wildman–Crippen MR) is 112 cm³/mol. The predicted octanol–water partition coefficient (Wildman–Crippen LogP) is 5.75. The molecular weight excluding hydrogens is 350 g/mol. The van der Waals surface area contributed by atoms with Crippen molar-refractivity contribution in [2.45, 2.75) is 20.3 Å². The van der Waals surface area contributed by atoms with Gasteiger partial charge in [-0.2, -0.15) is 0 Å². The molecule has 0 unspecified atom stereocenters. The zero-order valence-electron chi connectivity index (χ0n) is 16.1. The molecule has 0 aliphatic rings. The van der Waals surface area contributed by atoms with Gasteiger partial charge in [0.25, 0.3) is 0 Å². The fourth-order valence-corrected chi connectivity index (χ4v) is 2.55. The van der Waals surface area contributed by atoms with E-state index < -0.39 is 5.97 Å². The maximum atomic E-state index is 12.3. The maximum absolute atomic E-state index is 12.3. The minimum atomic E-state index is -0.400. The molecule has 0 aromatic heterocycles. The highest BCUT2D eigenvalue weighted by Gasteiger charge is 2.08. The molecule has 0 aliphatic carbocycles. The molecule has 0 fully saturated rings. The SMILES string of the molecule is CCCOc1ccc(C(=O)Oc2ccc(C=Nc3ccccc3C)cc2)cc1. The number of nitrogens with zero attached hydrogens (tertiary/aromatic N) is 1. The highest BCUT2D eigenvalue weighted by atomic mass is 16.5. The van der Waals surface area contributed by atoms with Crippen LogP contribution >= 0.6 is 0 Å². The molecule has 3 aromatic carbocycles. The Morgan fingerprint density at radius 2 is 1.61 bits per heavy atom. The van der Waals surface area contributed by atoms with Crippen LogP contribution in [0.2, 0.25) is 0 Å². The van der Waals surface area contributed by atoms with Crippen LogP contribution < -0.4 is 9.47 Å². The topological polar surface area (TPSA) is 47.9 Å². The third kappa shape index (κ3) is 5.30. The lowest BCUT2D eigenvalue weighted by molar-refractivity contribution is 0.0734. The minimum Gasteiger partial charge on any atom is -0.494 e. The van der Waals surface area contributed by atoms with E-state index in [0.717, 1.165) is 29.0 Å². The quantitative estimate of drug-likeness (QED) is 0.301. The number of aliphatic imine (C=N–C) groups is 1. The van der Waals surface area contributed by atoms with Crippen molar-refractivity contribution in [3.8, 4) is 11.5 Å². The zero-order chi connectivity index (χ0) is 19.8. The summed E-state index contributed by atoms with van der Waals surface area (Å²) in [7, 11) is 0. The number of benzene rings is 3. The Balaban J connectivity index is 1.60. The minimum absolute atomic E-state index is 0.400. The van der Waals surface area contributed by atoms with Crippen LogP contribution in [0.4, 0.5) is 5.69 Å². The van der Waals surface area contributed by atoms with Crippen LogP contribution in [0.3, 0.4) is 0 Å². The second-order valence-corrected chi connectivity index (χ2v) is 6.38. The van der Waals surface area contributed by atoms with Crippen molar-refractivity contribution in [2.75, 3.05) is 6.61 Å². The van der Waals surface area contributed by atoms with E-state index in [4.69, 9.17) is 9.47 Å². The number of hydrogen-bond donors (Lipinski definition) is 0. The highest BCUT2D eigenvalue weighted by Crippen LogP contribution is 2.19. The normalized spacial score (nSPS) is 10.8. The Labute approximate surface area is 165 Å². The summed E-state index contributed by atoms with van der Waals surface area (Å²) in [4.78, 5) is 16.8. The molecule has 0 spiro atoms. The van der Waals surface area contributed by atoms with Gasteiger partial charge in [0, 0.05) is 6.21 Å². The molecule has 3 rings (SSSR count). The van der Waals surface area contributed by atoms with Crippen LogP contribution in [-0.2, 0) is 0 Å². The van der Waals surface area contributed by atoms with Gasteiger partial charge in [-0.15, -0.1) is 0 Å². The molecule has 142 valence electrons. The lowest BCUT2D eigenvalue weighted by Crippen LogP contribution is -2.08. The van der Waals surface area contributed by atoms with Gasteiger partial charge in [-0.05, 0) is 79.1 Å². The summed E-state index contributed by atoms with van der Waals surface area (Å²) < 4.78 is 11.0. The van der Waals surface area contributed by atoms with E-state index in [9.17, 15) is 4.79 Å². The van der Waals surface area contributed by atoms with Gasteiger partial charge in [0.05, 0.1) is 17.9 Å². The van der Waals surface area contributed by atoms with Crippen molar-refractivity contribution in [3.63, 3.8) is 0 Å². The van der Waals surface area contributed by atoms with Crippen molar-refractivity contribution in [1.82, 2.24) is 0 Å². The van der Waals surface area contributed by atoms with E-state index >= 15 is 0 Å². The summed E-state index contributed by atoms with van der Waals surface area (Å²) >= 11 is 0. The molecule has 0 aliphatic heterocycles. The molecule has 0 saturated heterocycles. The lowest BCUT2D eigenvalue weighted by atomic mass is 10.2. The van der Waals surface area contributed by atoms with Crippen molar-refractivity contribution >= 4 is 17.9 Å². The van der Waals surface area contributed by atoms with Crippen LogP contribution in [0.5, 0.6) is 11.5 Å². The Bertz CT molecular complexity index is 944. The van der Waals surface area contributed by atoms with E-state index in [1.54, 1.807) is 42.6 Å². The number of carbonyl (C=O) groups is 1. The van der Waals surface area contributed by atoms with Crippen molar-refractivity contribution in [1.29, 1.82) is 0 Å². The fourth-order valence-electron chi connectivity index (χ4n) is 2.55. The van der Waals surface area contributed by atoms with Gasteiger partial charge in [0.2, 0.25) is 0 Å². The number of hydrogen-bond acceptors (Lipinski definition) is 4. The van der Waals surface area contributed by atoms with Crippen LogP contribution in [0.15, 0.2) is 77.8 Å². The van der Waals surface area contributed by atoms with E-state index in [0.29, 0.717) is 17.9 Å². The van der Waals surface area contributed by atoms with Gasteiger partial charge in [-0.25, -0.2) is 4.79 Å². The summed E-state index contributed by atoms with van der Waals surface area (Å²) in [5.41, 5.74) is 3.47. The van der Waals surface area contributed by atoms with Crippen molar-refractivity contribution in [3.05, 3.63) is 89.5 Å². The molecule has 0 radical (unpaired) electrons. The summed E-state index contributed by atoms with van der Waals surface area (Å²) in [6.07, 6.45) is 2.73. The van der Waals surface area contributed by atoms with Gasteiger partial charge in [0.1, 0.15) is 11.5 Å². The van der Waals surface area contributed by atoms with E-state index in [-0.39, 0.29) is 0 Å². The van der Waals surface area contributed by atoms with Crippen LogP contribution in [-0.4, -0.2) is 18.8 Å². The van der Waals surface area contributed by atoms with Crippen LogP contribution in [0.25, 0.3) is 0 Å². The Kier molecular flexibility index (Phi) is 6.58. The average Bonchev–Trinajstić information content (AvgIpc) is 2.73. The van der Waals surface area contributed by atoms with Gasteiger partial charge in [0.15, 0.2) is 0 Å². The van der Waals surface area contributed by atoms with Crippen LogP contribution in [0.1, 0.15) is 34.8 Å². The smallest absolute Gasteiger partial charge is 0.343 e. The summed E-state index contributed by atoms with van der Waals surface area (Å²) in [6.45, 7) is 4.73. The highest BCUT2D eigenvalue weighted by molar-refractivity contribution is 5.91. The standard InChI is InChI=1S/C24H23NO3/c1-3-16-27-21-14-10-20(11-15-21)24(26)28-22-12-8-19(9-13-22)17-25-23-7-5-4-6-18(23)2/h4-15,17H,3,16H2,1-2H3. The molecule has 0 saturated carbocycles. The number of aryl methyl sites for hydroxylation is 1. The summed E-state index contributed by atoms with van der Waals surface area (Å²) in [5, 5.41) is 0. The Morgan fingerprint density at radius 3 is 2.29 bits per heavy atom. The van der Waals surface area contributed by atoms with Gasteiger partial charge >= 0.3 is 5.97 Å². The van der Waals surface area contributed by atoms with Crippen molar-refractivity contribution in [2.24, 2.45) is 4.99 Å². The average molecular weight is 373 g/mol. The maximum Gasteiger partial charge on any atom is 0.343 e. The molecule has 0 N–H and O–H groups in total. The molecule has 3 aromatic rings. The monoisotopic (exact) mass is 373 g/mol. The van der Waals surface area contributed by atoms with Gasteiger partial charge in [-0.3, -0.25) is 4.99 Å². The molecule has 0 heterocycles. The number of carbonyl (C=O) groups excluding carboxylic acids is 1. The second kappa shape index (κ2) is 9.51. The summed E-state index contributed by atoms with van der Waals surface area (Å²) in [5.74, 6) is 0.836. The number of rotatable bonds is 7. The Hall–Kier alpha value is -3.40. The second-order valence-electron chi connectivity index (χ2n) is 6.38. The van der Waals surface area contributed by atoms with Crippen LogP contribution in [0, 0.1) is 6.92 Å². The molecular formula is C24H23NO3.